The van der Waals surface area contributed by atoms with Crippen LogP contribution in [0.1, 0.15) is 11.3 Å². The quantitative estimate of drug-likeness (QED) is 0.783. The molecule has 1 rings (SSSR count). The van der Waals surface area contributed by atoms with Gasteiger partial charge in [-0.15, -0.1) is 0 Å². The molecule has 0 fully saturated rings. The van der Waals surface area contributed by atoms with Crippen molar-refractivity contribution in [2.24, 2.45) is 0 Å². The van der Waals surface area contributed by atoms with Crippen LogP contribution in [-0.4, -0.2) is 16.1 Å². The van der Waals surface area contributed by atoms with Crippen molar-refractivity contribution in [1.82, 2.24) is 4.98 Å². The first-order valence-electron chi connectivity index (χ1n) is 3.82. The summed E-state index contributed by atoms with van der Waals surface area (Å²) >= 11 is 0. The number of H-pyrrole nitrogens is 1. The lowest BCUT2D eigenvalue weighted by Gasteiger charge is -2.09. The molecule has 0 aromatic carbocycles. The first-order chi connectivity index (χ1) is 6.82. The second-order valence-corrected chi connectivity index (χ2v) is 2.76. The molecule has 0 radical (unpaired) electrons. The van der Waals surface area contributed by atoms with E-state index in [-0.39, 0.29) is 0 Å². The Hall–Kier alpha value is -1.79. The number of alkyl halides is 3. The lowest BCUT2D eigenvalue weighted by atomic mass is 10.1. The number of carboxylic acid groups (broad SMARTS) is 1. The summed E-state index contributed by atoms with van der Waals surface area (Å²) in [7, 11) is 0. The fraction of sp³-hybridized carbons (Fsp3) is 0.250. The van der Waals surface area contributed by atoms with Crippen molar-refractivity contribution in [3.63, 3.8) is 0 Å². The van der Waals surface area contributed by atoms with Gasteiger partial charge >= 0.3 is 12.1 Å². The highest BCUT2D eigenvalue weighted by Gasteiger charge is 2.36. The Morgan fingerprint density at radius 3 is 2.53 bits per heavy atom. The van der Waals surface area contributed by atoms with E-state index in [4.69, 9.17) is 5.11 Å². The minimum Gasteiger partial charge on any atom is -0.481 e. The number of aliphatic carboxylic acids is 1. The Bertz CT molecular complexity index is 435. The van der Waals surface area contributed by atoms with Crippen molar-refractivity contribution in [2.45, 2.75) is 12.6 Å². The number of carboxylic acids is 1. The summed E-state index contributed by atoms with van der Waals surface area (Å²) in [6.07, 6.45) is -4.74. The van der Waals surface area contributed by atoms with Gasteiger partial charge in [-0.1, -0.05) is 0 Å². The fourth-order valence-corrected chi connectivity index (χ4v) is 1.12. The van der Waals surface area contributed by atoms with Crippen LogP contribution in [0.4, 0.5) is 13.2 Å². The Balaban J connectivity index is 3.33. The largest absolute Gasteiger partial charge is 0.481 e. The fourth-order valence-electron chi connectivity index (χ4n) is 1.12. The molecule has 0 atom stereocenters. The van der Waals surface area contributed by atoms with Crippen LogP contribution in [0.25, 0.3) is 0 Å². The van der Waals surface area contributed by atoms with Crippen molar-refractivity contribution in [1.29, 1.82) is 0 Å². The highest BCUT2D eigenvalue weighted by atomic mass is 19.4. The predicted octanol–water partition coefficient (Wildman–Crippen LogP) is 1.02. The molecule has 1 aromatic rings. The highest BCUT2D eigenvalue weighted by Crippen LogP contribution is 2.28. The van der Waals surface area contributed by atoms with Crippen LogP contribution >= 0.6 is 0 Å². The molecule has 0 saturated carbocycles. The molecule has 82 valence electrons. The molecule has 2 N–H and O–H groups in total. The van der Waals surface area contributed by atoms with E-state index in [1.54, 1.807) is 0 Å². The van der Waals surface area contributed by atoms with Crippen molar-refractivity contribution < 1.29 is 23.1 Å². The summed E-state index contributed by atoms with van der Waals surface area (Å²) in [4.78, 5) is 23.3. The minimum absolute atomic E-state index is 0.637. The van der Waals surface area contributed by atoms with Crippen LogP contribution in [-0.2, 0) is 17.4 Å². The van der Waals surface area contributed by atoms with Gasteiger partial charge in [0, 0.05) is 18.0 Å². The average molecular weight is 221 g/mol. The smallest absolute Gasteiger partial charge is 0.421 e. The van der Waals surface area contributed by atoms with Gasteiger partial charge < -0.3 is 10.1 Å². The van der Waals surface area contributed by atoms with Crippen molar-refractivity contribution in [3.05, 3.63) is 33.7 Å². The number of halogens is 3. The number of aromatic nitrogens is 1. The van der Waals surface area contributed by atoms with Crippen molar-refractivity contribution in [3.8, 4) is 0 Å². The highest BCUT2D eigenvalue weighted by molar-refractivity contribution is 5.70. The second-order valence-electron chi connectivity index (χ2n) is 2.76. The number of carbonyl (C=O) groups is 1. The van der Waals surface area contributed by atoms with Crippen LogP contribution in [0.3, 0.4) is 0 Å². The zero-order valence-corrected chi connectivity index (χ0v) is 7.26. The van der Waals surface area contributed by atoms with E-state index in [2.05, 4.69) is 4.98 Å². The van der Waals surface area contributed by atoms with Crippen LogP contribution in [0.2, 0.25) is 0 Å². The molecular formula is C8H6F3NO3. The lowest BCUT2D eigenvalue weighted by Crippen LogP contribution is -2.23. The Morgan fingerprint density at radius 1 is 1.47 bits per heavy atom. The van der Waals surface area contributed by atoms with Crippen LogP contribution < -0.4 is 5.43 Å². The van der Waals surface area contributed by atoms with Gasteiger partial charge in [0.25, 0.3) is 0 Å². The number of rotatable bonds is 2. The monoisotopic (exact) mass is 221 g/mol. The Morgan fingerprint density at radius 2 is 2.07 bits per heavy atom. The van der Waals surface area contributed by atoms with Crippen LogP contribution in [0, 0.1) is 0 Å². The molecule has 0 amide bonds. The maximum absolute atomic E-state index is 12.3. The summed E-state index contributed by atoms with van der Waals surface area (Å²) in [6, 6.07) is 0.703. The first-order valence-corrected chi connectivity index (χ1v) is 3.82. The average Bonchev–Trinajstić information content (AvgIpc) is 1.99. The maximum Gasteiger partial charge on any atom is 0.421 e. The second kappa shape index (κ2) is 3.76. The topological polar surface area (TPSA) is 70.2 Å². The molecule has 0 saturated heterocycles. The maximum atomic E-state index is 12.3. The van der Waals surface area contributed by atoms with E-state index in [1.807, 2.05) is 0 Å². The summed E-state index contributed by atoms with van der Waals surface area (Å²) in [6.45, 7) is 0. The standard InChI is InChI=1S/C8H6F3NO3/c9-8(10,11)7-4(3-6(14)15)12-2-1-5(7)13/h1-2H,3H2,(H,12,13)(H,14,15). The normalized spacial score (nSPS) is 11.4. The molecule has 4 nitrogen and oxygen atoms in total. The van der Waals surface area contributed by atoms with Gasteiger partial charge in [-0.05, 0) is 0 Å². The summed E-state index contributed by atoms with van der Waals surface area (Å²) in [5, 5.41) is 8.36. The zero-order chi connectivity index (χ0) is 11.6. The van der Waals surface area contributed by atoms with Crippen molar-refractivity contribution >= 4 is 5.97 Å². The lowest BCUT2D eigenvalue weighted by molar-refractivity contribution is -0.140. The van der Waals surface area contributed by atoms with Gasteiger partial charge in [0.1, 0.15) is 5.56 Å². The SMILES string of the molecule is O=C(O)Cc1[nH]ccc(=O)c1C(F)(F)F. The third-order valence-electron chi connectivity index (χ3n) is 1.65. The van der Waals surface area contributed by atoms with Gasteiger partial charge in [0.05, 0.1) is 6.42 Å². The predicted molar refractivity (Wildman–Crippen MR) is 43.4 cm³/mol. The molecule has 0 spiro atoms. The van der Waals surface area contributed by atoms with E-state index in [9.17, 15) is 22.8 Å². The van der Waals surface area contributed by atoms with E-state index in [0.29, 0.717) is 6.07 Å². The Kier molecular flexibility index (Phi) is 2.83. The van der Waals surface area contributed by atoms with E-state index in [1.165, 1.54) is 0 Å². The number of nitrogens with one attached hydrogen (secondary N) is 1. The van der Waals surface area contributed by atoms with Gasteiger partial charge in [-0.2, -0.15) is 13.2 Å². The number of pyridine rings is 1. The Labute approximate surface area is 81.4 Å². The van der Waals surface area contributed by atoms with Crippen LogP contribution in [0.15, 0.2) is 17.1 Å². The van der Waals surface area contributed by atoms with Gasteiger partial charge in [-0.3, -0.25) is 9.59 Å². The van der Waals surface area contributed by atoms with Crippen molar-refractivity contribution in [2.75, 3.05) is 0 Å². The summed E-state index contributed by atoms with van der Waals surface area (Å²) in [5.74, 6) is -1.44. The molecule has 0 unspecified atom stereocenters. The molecular weight excluding hydrogens is 215 g/mol. The van der Waals surface area contributed by atoms with Crippen LogP contribution in [0.5, 0.6) is 0 Å². The molecule has 0 bridgehead atoms. The summed E-state index contributed by atoms with van der Waals surface area (Å²) in [5.41, 5.74) is -3.33. The number of aromatic amines is 1. The number of hydrogen-bond donors (Lipinski definition) is 2. The van der Waals surface area contributed by atoms with Gasteiger partial charge in [-0.25, -0.2) is 0 Å². The molecule has 1 aromatic heterocycles. The van der Waals surface area contributed by atoms with Gasteiger partial charge in [0.2, 0.25) is 0 Å². The third kappa shape index (κ3) is 2.58. The minimum atomic E-state index is -4.85. The third-order valence-corrected chi connectivity index (χ3v) is 1.65. The van der Waals surface area contributed by atoms with E-state index in [0.717, 1.165) is 6.20 Å². The molecule has 0 aliphatic heterocycles. The molecule has 15 heavy (non-hydrogen) atoms. The zero-order valence-electron chi connectivity index (χ0n) is 7.26. The van der Waals surface area contributed by atoms with E-state index >= 15 is 0 Å². The first kappa shape index (κ1) is 11.3. The van der Waals surface area contributed by atoms with E-state index < -0.39 is 35.3 Å². The summed E-state index contributed by atoms with van der Waals surface area (Å²) < 4.78 is 37.0. The molecule has 0 aliphatic carbocycles. The molecule has 0 aliphatic rings. The number of hydrogen-bond acceptors (Lipinski definition) is 2. The molecule has 1 heterocycles. The van der Waals surface area contributed by atoms with Gasteiger partial charge in [0.15, 0.2) is 5.43 Å². The molecule has 7 heteroatoms.